The number of nitrogens with one attached hydrogen (secondary N) is 1. The number of hydrogen-bond acceptors (Lipinski definition) is 2. The van der Waals surface area contributed by atoms with Crippen LogP contribution < -0.4 is 5.32 Å². The second kappa shape index (κ2) is 5.37. The van der Waals surface area contributed by atoms with Gasteiger partial charge in [-0.15, -0.1) is 0 Å². The van der Waals surface area contributed by atoms with E-state index in [0.29, 0.717) is 6.54 Å². The molecule has 0 bridgehead atoms. The fourth-order valence-corrected chi connectivity index (χ4v) is 2.77. The molecule has 0 fully saturated rings. The smallest absolute Gasteiger partial charge is 0.123 e. The fraction of sp³-hybridized carbons (Fsp3) is 0.600. The largest absolute Gasteiger partial charge is 0.389 e. The molecule has 0 aliphatic heterocycles. The number of aryl methyl sites for hydroxylation is 1. The van der Waals surface area contributed by atoms with E-state index in [1.165, 1.54) is 11.6 Å². The van der Waals surface area contributed by atoms with Gasteiger partial charge in [0.1, 0.15) is 5.82 Å². The molecule has 2 unspecified atom stereocenters. The Bertz CT molecular complexity index is 417. The van der Waals surface area contributed by atoms with E-state index in [0.717, 1.165) is 31.2 Å². The van der Waals surface area contributed by atoms with Crippen LogP contribution in [-0.2, 0) is 6.42 Å². The molecule has 1 aromatic rings. The van der Waals surface area contributed by atoms with E-state index in [1.807, 2.05) is 13.0 Å². The standard InChI is InChI=1S/C15H22FNO/c1-3-8-15(2,18)10-17-14-7-4-11-9-12(16)5-6-13(11)14/h5-6,9,14,17-18H,3-4,7-8,10H2,1-2H3. The Labute approximate surface area is 108 Å². The molecule has 1 aromatic carbocycles. The third kappa shape index (κ3) is 3.09. The van der Waals surface area contributed by atoms with Gasteiger partial charge in [0.05, 0.1) is 5.60 Å². The summed E-state index contributed by atoms with van der Waals surface area (Å²) in [6.07, 6.45) is 3.67. The molecular formula is C15H22FNO. The second-order valence-electron chi connectivity index (χ2n) is 5.56. The first-order valence-corrected chi connectivity index (χ1v) is 6.76. The Morgan fingerprint density at radius 1 is 1.50 bits per heavy atom. The maximum Gasteiger partial charge on any atom is 0.123 e. The molecule has 100 valence electrons. The van der Waals surface area contributed by atoms with E-state index in [-0.39, 0.29) is 11.9 Å². The molecule has 0 saturated carbocycles. The van der Waals surface area contributed by atoms with Gasteiger partial charge in [-0.2, -0.15) is 0 Å². The van der Waals surface area contributed by atoms with E-state index in [4.69, 9.17) is 0 Å². The van der Waals surface area contributed by atoms with E-state index in [2.05, 4.69) is 12.2 Å². The van der Waals surface area contributed by atoms with Crippen LogP contribution in [-0.4, -0.2) is 17.3 Å². The molecule has 1 aliphatic carbocycles. The Hall–Kier alpha value is -0.930. The average Bonchev–Trinajstić information content (AvgIpc) is 2.68. The molecule has 2 rings (SSSR count). The van der Waals surface area contributed by atoms with Crippen molar-refractivity contribution in [2.24, 2.45) is 0 Å². The van der Waals surface area contributed by atoms with E-state index in [9.17, 15) is 9.50 Å². The highest BCUT2D eigenvalue weighted by Gasteiger charge is 2.26. The zero-order chi connectivity index (χ0) is 13.2. The minimum Gasteiger partial charge on any atom is -0.389 e. The SMILES string of the molecule is CCCC(C)(O)CNC1CCc2cc(F)ccc21. The summed E-state index contributed by atoms with van der Waals surface area (Å²) in [5.41, 5.74) is 1.63. The predicted octanol–water partition coefficient (Wildman–Crippen LogP) is 2.95. The first-order valence-electron chi connectivity index (χ1n) is 6.76. The molecule has 3 heteroatoms. The summed E-state index contributed by atoms with van der Waals surface area (Å²) in [5.74, 6) is -0.160. The van der Waals surface area contributed by atoms with Crippen molar-refractivity contribution in [1.82, 2.24) is 5.32 Å². The lowest BCUT2D eigenvalue weighted by molar-refractivity contribution is 0.0471. The molecule has 0 amide bonds. The maximum atomic E-state index is 13.1. The van der Waals surface area contributed by atoms with Crippen LogP contribution in [0.15, 0.2) is 18.2 Å². The fourth-order valence-electron chi connectivity index (χ4n) is 2.77. The molecule has 0 heterocycles. The summed E-state index contributed by atoms with van der Waals surface area (Å²) < 4.78 is 13.1. The van der Waals surface area contributed by atoms with E-state index < -0.39 is 5.60 Å². The third-order valence-corrected chi connectivity index (χ3v) is 3.70. The lowest BCUT2D eigenvalue weighted by atomic mass is 9.99. The summed E-state index contributed by atoms with van der Waals surface area (Å²) >= 11 is 0. The van der Waals surface area contributed by atoms with Crippen molar-refractivity contribution in [3.63, 3.8) is 0 Å². The normalized spacial score (nSPS) is 21.7. The van der Waals surface area contributed by atoms with Gasteiger partial charge in [0.25, 0.3) is 0 Å². The minimum atomic E-state index is -0.655. The third-order valence-electron chi connectivity index (χ3n) is 3.70. The van der Waals surface area contributed by atoms with E-state index >= 15 is 0 Å². The van der Waals surface area contributed by atoms with Gasteiger partial charge in [-0.25, -0.2) is 4.39 Å². The topological polar surface area (TPSA) is 32.3 Å². The van der Waals surface area contributed by atoms with Crippen molar-refractivity contribution in [3.05, 3.63) is 35.1 Å². The zero-order valence-electron chi connectivity index (χ0n) is 11.2. The number of rotatable bonds is 5. The van der Waals surface area contributed by atoms with Gasteiger partial charge in [-0.3, -0.25) is 0 Å². The molecule has 1 aliphatic rings. The van der Waals surface area contributed by atoms with Gasteiger partial charge in [-0.05, 0) is 49.4 Å². The minimum absolute atomic E-state index is 0.160. The molecule has 0 aromatic heterocycles. The highest BCUT2D eigenvalue weighted by Crippen LogP contribution is 2.31. The predicted molar refractivity (Wildman–Crippen MR) is 71.0 cm³/mol. The van der Waals surface area contributed by atoms with Crippen molar-refractivity contribution >= 4 is 0 Å². The van der Waals surface area contributed by atoms with E-state index in [1.54, 1.807) is 6.07 Å². The van der Waals surface area contributed by atoms with Crippen molar-refractivity contribution in [3.8, 4) is 0 Å². The van der Waals surface area contributed by atoms with Gasteiger partial charge in [0.15, 0.2) is 0 Å². The molecule has 2 N–H and O–H groups in total. The van der Waals surface area contributed by atoms with Crippen molar-refractivity contribution in [2.75, 3.05) is 6.54 Å². The Morgan fingerprint density at radius 3 is 3.00 bits per heavy atom. The number of fused-ring (bicyclic) bond motifs is 1. The Balaban J connectivity index is 1.98. The summed E-state index contributed by atoms with van der Waals surface area (Å²) in [4.78, 5) is 0. The average molecular weight is 251 g/mol. The van der Waals surface area contributed by atoms with Crippen molar-refractivity contribution < 1.29 is 9.50 Å². The quantitative estimate of drug-likeness (QED) is 0.843. The van der Waals surface area contributed by atoms with Crippen LogP contribution in [0, 0.1) is 5.82 Å². The molecular weight excluding hydrogens is 229 g/mol. The monoisotopic (exact) mass is 251 g/mol. The number of aliphatic hydroxyl groups is 1. The maximum absolute atomic E-state index is 13.1. The highest BCUT2D eigenvalue weighted by atomic mass is 19.1. The van der Waals surface area contributed by atoms with Crippen molar-refractivity contribution in [2.45, 2.75) is 51.2 Å². The summed E-state index contributed by atoms with van der Waals surface area (Å²) in [7, 11) is 0. The summed E-state index contributed by atoms with van der Waals surface area (Å²) in [6, 6.07) is 5.26. The number of benzene rings is 1. The van der Waals surface area contributed by atoms with Crippen molar-refractivity contribution in [1.29, 1.82) is 0 Å². The lowest BCUT2D eigenvalue weighted by Gasteiger charge is -2.25. The Kier molecular flexibility index (Phi) is 4.03. The molecule has 18 heavy (non-hydrogen) atoms. The zero-order valence-corrected chi connectivity index (χ0v) is 11.2. The van der Waals surface area contributed by atoms with Gasteiger partial charge >= 0.3 is 0 Å². The number of hydrogen-bond donors (Lipinski definition) is 2. The van der Waals surface area contributed by atoms with Crippen LogP contribution in [0.1, 0.15) is 50.3 Å². The molecule has 2 nitrogen and oxygen atoms in total. The molecule has 2 atom stereocenters. The first-order chi connectivity index (χ1) is 8.52. The van der Waals surface area contributed by atoms with Crippen LogP contribution in [0.4, 0.5) is 4.39 Å². The number of halogens is 1. The Morgan fingerprint density at radius 2 is 2.28 bits per heavy atom. The first kappa shape index (κ1) is 13.5. The lowest BCUT2D eigenvalue weighted by Crippen LogP contribution is -2.38. The summed E-state index contributed by atoms with van der Waals surface area (Å²) in [6.45, 7) is 4.52. The van der Waals surface area contributed by atoms with Crippen LogP contribution in [0.25, 0.3) is 0 Å². The van der Waals surface area contributed by atoms with Crippen LogP contribution >= 0.6 is 0 Å². The van der Waals surface area contributed by atoms with Gasteiger partial charge in [0.2, 0.25) is 0 Å². The molecule has 0 radical (unpaired) electrons. The van der Waals surface area contributed by atoms with Crippen LogP contribution in [0.2, 0.25) is 0 Å². The molecule has 0 spiro atoms. The molecule has 0 saturated heterocycles. The highest BCUT2D eigenvalue weighted by molar-refractivity contribution is 5.34. The second-order valence-corrected chi connectivity index (χ2v) is 5.56. The van der Waals surface area contributed by atoms with Gasteiger partial charge < -0.3 is 10.4 Å². The van der Waals surface area contributed by atoms with Gasteiger partial charge in [0, 0.05) is 12.6 Å². The van der Waals surface area contributed by atoms with Gasteiger partial charge in [-0.1, -0.05) is 19.4 Å². The van der Waals surface area contributed by atoms with Crippen LogP contribution in [0.5, 0.6) is 0 Å². The summed E-state index contributed by atoms with van der Waals surface area (Å²) in [5, 5.41) is 13.6. The van der Waals surface area contributed by atoms with Crippen LogP contribution in [0.3, 0.4) is 0 Å².